The third kappa shape index (κ3) is 2.11. The fourth-order valence-corrected chi connectivity index (χ4v) is 1.25. The van der Waals surface area contributed by atoms with E-state index in [1.165, 1.54) is 18.4 Å². The average Bonchev–Trinajstić information content (AvgIpc) is 2.78. The first-order valence-corrected chi connectivity index (χ1v) is 4.16. The smallest absolute Gasteiger partial charge is 0.0814 e. The van der Waals surface area contributed by atoms with Crippen molar-refractivity contribution in [3.8, 4) is 0 Å². The lowest BCUT2D eigenvalue weighted by molar-refractivity contribution is 0.654. The van der Waals surface area contributed by atoms with E-state index in [4.69, 9.17) is 0 Å². The molecule has 0 amide bonds. The summed E-state index contributed by atoms with van der Waals surface area (Å²) in [5, 5.41) is 3.50. The molecule has 0 aromatic rings. The van der Waals surface area contributed by atoms with Crippen LogP contribution in [0.4, 0.5) is 0 Å². The van der Waals surface area contributed by atoms with Crippen molar-refractivity contribution in [1.29, 1.82) is 0 Å². The molecule has 1 N–H and O–H groups in total. The second kappa shape index (κ2) is 3.77. The van der Waals surface area contributed by atoms with Crippen LogP contribution in [0.25, 0.3) is 0 Å². The zero-order valence-electron chi connectivity index (χ0n) is 6.59. The Morgan fingerprint density at radius 3 is 2.67 bits per heavy atom. The number of allylic oxidation sites excluding steroid dienone is 2. The van der Waals surface area contributed by atoms with E-state index in [0.29, 0.717) is 6.04 Å². The first-order valence-electron chi connectivity index (χ1n) is 4.16. The lowest BCUT2D eigenvalue weighted by Crippen LogP contribution is -2.30. The number of rotatable bonds is 2. The summed E-state index contributed by atoms with van der Waals surface area (Å²) in [4.78, 5) is 0. The summed E-state index contributed by atoms with van der Waals surface area (Å²) >= 11 is 0. The molecule has 0 heterocycles. The van der Waals surface area contributed by atoms with Crippen LogP contribution in [0.15, 0.2) is 36.5 Å². The van der Waals surface area contributed by atoms with Crippen LogP contribution in [0.5, 0.6) is 0 Å². The van der Waals surface area contributed by atoms with Crippen molar-refractivity contribution in [2.45, 2.75) is 24.9 Å². The van der Waals surface area contributed by atoms with Crippen LogP contribution < -0.4 is 5.32 Å². The molecular weight excluding hydrogens is 145 g/mol. The highest BCUT2D eigenvalue weighted by molar-refractivity contribution is 5.75. The zero-order chi connectivity index (χ0) is 7.68. The SMILES string of the molecule is B.C=C1C=CC=CC1NC1CC1. The van der Waals surface area contributed by atoms with Gasteiger partial charge in [0.25, 0.3) is 0 Å². The minimum atomic E-state index is 0. The van der Waals surface area contributed by atoms with Crippen molar-refractivity contribution in [3.05, 3.63) is 36.5 Å². The summed E-state index contributed by atoms with van der Waals surface area (Å²) in [6.45, 7) is 3.98. The van der Waals surface area contributed by atoms with E-state index in [0.717, 1.165) is 6.04 Å². The van der Waals surface area contributed by atoms with E-state index in [1.807, 2.05) is 6.08 Å². The van der Waals surface area contributed by atoms with Gasteiger partial charge in [-0.1, -0.05) is 30.9 Å². The average molecular weight is 161 g/mol. The Balaban J connectivity index is 0.000000720. The van der Waals surface area contributed by atoms with E-state index < -0.39 is 0 Å². The van der Waals surface area contributed by atoms with E-state index in [-0.39, 0.29) is 8.41 Å². The molecule has 2 aliphatic rings. The predicted octanol–water partition coefficient (Wildman–Crippen LogP) is 0.605. The van der Waals surface area contributed by atoms with Gasteiger partial charge in [0.05, 0.1) is 14.5 Å². The summed E-state index contributed by atoms with van der Waals surface area (Å²) < 4.78 is 0. The molecule has 12 heavy (non-hydrogen) atoms. The lowest BCUT2D eigenvalue weighted by atomic mass is 10.0. The Kier molecular flexibility index (Phi) is 2.93. The van der Waals surface area contributed by atoms with Crippen LogP contribution in [0.2, 0.25) is 0 Å². The molecule has 0 aromatic carbocycles. The van der Waals surface area contributed by atoms with Gasteiger partial charge in [0.15, 0.2) is 0 Å². The Labute approximate surface area is 75.8 Å². The molecule has 1 atom stereocenters. The third-order valence-corrected chi connectivity index (χ3v) is 2.12. The molecule has 1 nitrogen and oxygen atoms in total. The Morgan fingerprint density at radius 1 is 1.33 bits per heavy atom. The van der Waals surface area contributed by atoms with E-state index in [1.54, 1.807) is 0 Å². The number of nitrogens with one attached hydrogen (secondary N) is 1. The topological polar surface area (TPSA) is 12.0 Å². The molecule has 2 heteroatoms. The fourth-order valence-electron chi connectivity index (χ4n) is 1.25. The second-order valence-corrected chi connectivity index (χ2v) is 3.24. The Hall–Kier alpha value is -0.755. The molecule has 0 aliphatic heterocycles. The van der Waals surface area contributed by atoms with Crippen LogP contribution in [-0.4, -0.2) is 20.5 Å². The highest BCUT2D eigenvalue weighted by Gasteiger charge is 2.24. The van der Waals surface area contributed by atoms with Crippen LogP contribution in [-0.2, 0) is 0 Å². The summed E-state index contributed by atoms with van der Waals surface area (Å²) in [5.74, 6) is 0. The van der Waals surface area contributed by atoms with Gasteiger partial charge in [-0.2, -0.15) is 0 Å². The van der Waals surface area contributed by atoms with Crippen molar-refractivity contribution in [2.24, 2.45) is 0 Å². The van der Waals surface area contributed by atoms with Gasteiger partial charge in [-0.25, -0.2) is 0 Å². The van der Waals surface area contributed by atoms with Gasteiger partial charge in [-0.15, -0.1) is 0 Å². The van der Waals surface area contributed by atoms with Gasteiger partial charge in [0, 0.05) is 6.04 Å². The van der Waals surface area contributed by atoms with Gasteiger partial charge in [0.2, 0.25) is 0 Å². The van der Waals surface area contributed by atoms with Crippen LogP contribution in [0.3, 0.4) is 0 Å². The van der Waals surface area contributed by atoms with Crippen LogP contribution >= 0.6 is 0 Å². The second-order valence-electron chi connectivity index (χ2n) is 3.24. The highest BCUT2D eigenvalue weighted by atomic mass is 15.0. The maximum Gasteiger partial charge on any atom is 0.0814 e. The first-order chi connectivity index (χ1) is 5.36. The summed E-state index contributed by atoms with van der Waals surface area (Å²) in [7, 11) is 0. The molecule has 0 spiro atoms. The molecule has 1 fully saturated rings. The minimum absolute atomic E-state index is 0. The van der Waals surface area contributed by atoms with E-state index in [2.05, 4.69) is 30.1 Å². The molecule has 0 aromatic heterocycles. The van der Waals surface area contributed by atoms with Gasteiger partial charge in [-0.05, 0) is 18.4 Å². The molecular formula is C10H16BN. The van der Waals surface area contributed by atoms with Crippen LogP contribution in [0.1, 0.15) is 12.8 Å². The maximum atomic E-state index is 3.98. The number of hydrogen-bond donors (Lipinski definition) is 1. The summed E-state index contributed by atoms with van der Waals surface area (Å²) in [5.41, 5.74) is 1.18. The third-order valence-electron chi connectivity index (χ3n) is 2.12. The largest absolute Gasteiger partial charge is 0.304 e. The Morgan fingerprint density at radius 2 is 2.08 bits per heavy atom. The highest BCUT2D eigenvalue weighted by Crippen LogP contribution is 2.22. The Bertz CT molecular complexity index is 226. The van der Waals surface area contributed by atoms with E-state index in [9.17, 15) is 0 Å². The standard InChI is InChI=1S/C10H13N.BH3/c1-8-4-2-3-5-10(8)11-9-6-7-9;/h2-5,9-11H,1,6-7H2;1H3. The molecule has 0 saturated heterocycles. The van der Waals surface area contributed by atoms with Crippen molar-refractivity contribution in [2.75, 3.05) is 0 Å². The molecule has 2 rings (SSSR count). The van der Waals surface area contributed by atoms with Crippen molar-refractivity contribution < 1.29 is 0 Å². The molecule has 64 valence electrons. The van der Waals surface area contributed by atoms with Crippen LogP contribution in [0, 0.1) is 0 Å². The van der Waals surface area contributed by atoms with Crippen molar-refractivity contribution in [3.63, 3.8) is 0 Å². The maximum absolute atomic E-state index is 3.98. The zero-order valence-corrected chi connectivity index (χ0v) is 6.59. The molecule has 1 saturated carbocycles. The molecule has 0 radical (unpaired) electrons. The number of hydrogen-bond acceptors (Lipinski definition) is 1. The fraction of sp³-hybridized carbons (Fsp3) is 0.400. The minimum Gasteiger partial charge on any atom is -0.304 e. The monoisotopic (exact) mass is 161 g/mol. The lowest BCUT2D eigenvalue weighted by Gasteiger charge is -2.16. The quantitative estimate of drug-likeness (QED) is 0.585. The van der Waals surface area contributed by atoms with Crippen molar-refractivity contribution in [1.82, 2.24) is 5.32 Å². The summed E-state index contributed by atoms with van der Waals surface area (Å²) in [6.07, 6.45) is 11.0. The molecule has 0 bridgehead atoms. The summed E-state index contributed by atoms with van der Waals surface area (Å²) in [6, 6.07) is 1.15. The predicted molar refractivity (Wildman–Crippen MR) is 57.3 cm³/mol. The normalized spacial score (nSPS) is 27.0. The van der Waals surface area contributed by atoms with Crippen molar-refractivity contribution >= 4 is 8.41 Å². The first kappa shape index (κ1) is 9.33. The molecule has 2 aliphatic carbocycles. The van der Waals surface area contributed by atoms with Gasteiger partial charge in [0.1, 0.15) is 0 Å². The van der Waals surface area contributed by atoms with Gasteiger partial charge < -0.3 is 5.32 Å². The van der Waals surface area contributed by atoms with Gasteiger partial charge in [-0.3, -0.25) is 0 Å². The molecule has 1 unspecified atom stereocenters. The van der Waals surface area contributed by atoms with E-state index >= 15 is 0 Å². The van der Waals surface area contributed by atoms with Gasteiger partial charge >= 0.3 is 0 Å².